The van der Waals surface area contributed by atoms with Gasteiger partial charge in [-0.15, -0.1) is 0 Å². The van der Waals surface area contributed by atoms with Gasteiger partial charge in [0.15, 0.2) is 0 Å². The Morgan fingerprint density at radius 1 is 1.45 bits per heavy atom. The second-order valence-electron chi connectivity index (χ2n) is 4.96. The van der Waals surface area contributed by atoms with Crippen LogP contribution in [0.15, 0.2) is 23.1 Å². The molecule has 1 saturated carbocycles. The minimum atomic E-state index is -3.81. The summed E-state index contributed by atoms with van der Waals surface area (Å²) in [6.45, 7) is 0.183. The molecule has 2 rings (SSSR count). The molecule has 1 aliphatic rings. The minimum Gasteiger partial charge on any atom is -0.326 e. The van der Waals surface area contributed by atoms with Crippen molar-refractivity contribution in [2.45, 2.75) is 42.0 Å². The maximum Gasteiger partial charge on any atom is 0.243 e. The fourth-order valence-electron chi connectivity index (χ4n) is 2.43. The molecule has 0 aliphatic heterocycles. The van der Waals surface area contributed by atoms with Crippen molar-refractivity contribution in [2.24, 2.45) is 5.73 Å². The lowest BCUT2D eigenvalue weighted by molar-refractivity contribution is 0.536. The van der Waals surface area contributed by atoms with Crippen molar-refractivity contribution >= 4 is 21.8 Å². The Balaban J connectivity index is 2.14. The van der Waals surface area contributed by atoms with Crippen LogP contribution in [0.25, 0.3) is 0 Å². The molecule has 0 bridgehead atoms. The van der Waals surface area contributed by atoms with Crippen molar-refractivity contribution in [3.8, 4) is 0 Å². The molecular weight excluding hydrogens is 299 g/mol. The highest BCUT2D eigenvalue weighted by Crippen LogP contribution is 2.29. The first-order chi connectivity index (χ1) is 9.46. The van der Waals surface area contributed by atoms with Crippen LogP contribution in [-0.2, 0) is 16.6 Å². The number of halogens is 1. The fourth-order valence-corrected chi connectivity index (χ4v) is 4.57. The van der Waals surface area contributed by atoms with E-state index in [1.807, 2.05) is 6.26 Å². The quantitative estimate of drug-likeness (QED) is 0.869. The summed E-state index contributed by atoms with van der Waals surface area (Å²) >= 11 is 1.74. The van der Waals surface area contributed by atoms with E-state index in [4.69, 9.17) is 5.73 Å². The van der Waals surface area contributed by atoms with Crippen LogP contribution in [0.1, 0.15) is 24.8 Å². The molecule has 0 aromatic heterocycles. The number of hydrogen-bond acceptors (Lipinski definition) is 4. The molecule has 112 valence electrons. The molecule has 2 atom stereocenters. The maximum atomic E-state index is 13.9. The topological polar surface area (TPSA) is 72.2 Å². The Bertz CT molecular complexity index is 578. The Morgan fingerprint density at radius 3 is 2.75 bits per heavy atom. The summed E-state index contributed by atoms with van der Waals surface area (Å²) in [5, 5.41) is 0.479. The van der Waals surface area contributed by atoms with Gasteiger partial charge in [-0.25, -0.2) is 17.5 Å². The number of hydrogen-bond donors (Lipinski definition) is 2. The van der Waals surface area contributed by atoms with Crippen LogP contribution in [0.2, 0.25) is 0 Å². The lowest BCUT2D eigenvalue weighted by atomic mass is 10.2. The van der Waals surface area contributed by atoms with Crippen molar-refractivity contribution in [1.82, 2.24) is 4.72 Å². The second kappa shape index (κ2) is 6.43. The zero-order chi connectivity index (χ0) is 14.8. The number of thioether (sulfide) groups is 1. The van der Waals surface area contributed by atoms with E-state index >= 15 is 0 Å². The number of nitrogens with one attached hydrogen (secondary N) is 1. The summed E-state index contributed by atoms with van der Waals surface area (Å²) in [6, 6.07) is 3.89. The van der Waals surface area contributed by atoms with Crippen molar-refractivity contribution in [1.29, 1.82) is 0 Å². The average molecular weight is 318 g/mol. The van der Waals surface area contributed by atoms with Crippen LogP contribution in [0.4, 0.5) is 4.39 Å². The summed E-state index contributed by atoms with van der Waals surface area (Å²) in [5.74, 6) is -0.750. The fraction of sp³-hybridized carbons (Fsp3) is 0.538. The molecule has 1 aliphatic carbocycles. The van der Waals surface area contributed by atoms with Gasteiger partial charge < -0.3 is 5.73 Å². The first kappa shape index (κ1) is 15.8. The van der Waals surface area contributed by atoms with E-state index < -0.39 is 15.8 Å². The van der Waals surface area contributed by atoms with E-state index in [2.05, 4.69) is 4.72 Å². The van der Waals surface area contributed by atoms with E-state index in [0.29, 0.717) is 10.8 Å². The monoisotopic (exact) mass is 318 g/mol. The molecular formula is C13H19FN2O2S2. The average Bonchev–Trinajstić information content (AvgIpc) is 2.85. The van der Waals surface area contributed by atoms with Gasteiger partial charge in [0.2, 0.25) is 10.0 Å². The van der Waals surface area contributed by atoms with E-state index in [0.717, 1.165) is 19.3 Å². The third-order valence-corrected chi connectivity index (χ3v) is 6.21. The molecule has 20 heavy (non-hydrogen) atoms. The van der Waals surface area contributed by atoms with E-state index in [-0.39, 0.29) is 17.5 Å². The molecule has 4 nitrogen and oxygen atoms in total. The molecule has 0 saturated heterocycles. The molecule has 3 N–H and O–H groups in total. The van der Waals surface area contributed by atoms with Gasteiger partial charge in [-0.1, -0.05) is 6.07 Å². The van der Waals surface area contributed by atoms with Crippen molar-refractivity contribution in [2.75, 3.05) is 6.26 Å². The van der Waals surface area contributed by atoms with Crippen LogP contribution < -0.4 is 10.5 Å². The highest BCUT2D eigenvalue weighted by molar-refractivity contribution is 7.99. The van der Waals surface area contributed by atoms with Gasteiger partial charge in [-0.05, 0) is 43.2 Å². The number of nitrogens with two attached hydrogens (primary N) is 1. The molecule has 0 spiro atoms. The van der Waals surface area contributed by atoms with Gasteiger partial charge >= 0.3 is 0 Å². The third-order valence-electron chi connectivity index (χ3n) is 3.56. The minimum absolute atomic E-state index is 0.106. The summed E-state index contributed by atoms with van der Waals surface area (Å²) in [6.07, 6.45) is 4.60. The number of sulfonamides is 1. The van der Waals surface area contributed by atoms with Gasteiger partial charge in [-0.3, -0.25) is 0 Å². The Labute approximate surface area is 123 Å². The molecule has 0 amide bonds. The molecule has 1 fully saturated rings. The van der Waals surface area contributed by atoms with Gasteiger partial charge in [0, 0.05) is 17.8 Å². The van der Waals surface area contributed by atoms with Gasteiger partial charge in [0.05, 0.1) is 0 Å². The molecule has 1 aromatic carbocycles. The van der Waals surface area contributed by atoms with Crippen LogP contribution in [-0.4, -0.2) is 26.0 Å². The Hall–Kier alpha value is -0.630. The van der Waals surface area contributed by atoms with Crippen LogP contribution >= 0.6 is 11.8 Å². The summed E-state index contributed by atoms with van der Waals surface area (Å²) in [4.78, 5) is -0.303. The van der Waals surface area contributed by atoms with Crippen molar-refractivity contribution < 1.29 is 12.8 Å². The highest BCUT2D eigenvalue weighted by Gasteiger charge is 2.29. The Morgan fingerprint density at radius 2 is 2.20 bits per heavy atom. The summed E-state index contributed by atoms with van der Waals surface area (Å²) < 4.78 is 40.9. The smallest absolute Gasteiger partial charge is 0.243 e. The number of benzene rings is 1. The summed E-state index contributed by atoms with van der Waals surface area (Å²) in [5.41, 5.74) is 5.98. The predicted octanol–water partition coefficient (Wildman–Crippen LogP) is 1.85. The van der Waals surface area contributed by atoms with Crippen molar-refractivity contribution in [3.63, 3.8) is 0 Å². The van der Waals surface area contributed by atoms with Crippen LogP contribution in [0.3, 0.4) is 0 Å². The van der Waals surface area contributed by atoms with Crippen LogP contribution in [0, 0.1) is 5.82 Å². The summed E-state index contributed by atoms with van der Waals surface area (Å²) in [7, 11) is -3.81. The lowest BCUT2D eigenvalue weighted by Gasteiger charge is -2.14. The largest absolute Gasteiger partial charge is 0.326 e. The van der Waals surface area contributed by atoms with E-state index in [1.165, 1.54) is 18.2 Å². The second-order valence-corrected chi connectivity index (χ2v) is 7.78. The Kier molecular flexibility index (Phi) is 5.06. The molecule has 0 radical (unpaired) electrons. The molecule has 7 heteroatoms. The van der Waals surface area contributed by atoms with E-state index in [1.54, 1.807) is 11.8 Å². The van der Waals surface area contributed by atoms with E-state index in [9.17, 15) is 12.8 Å². The van der Waals surface area contributed by atoms with Gasteiger partial charge in [0.25, 0.3) is 0 Å². The predicted molar refractivity (Wildman–Crippen MR) is 79.6 cm³/mol. The highest BCUT2D eigenvalue weighted by atomic mass is 32.2. The molecule has 0 heterocycles. The maximum absolute atomic E-state index is 13.9. The van der Waals surface area contributed by atoms with Gasteiger partial charge in [0.1, 0.15) is 10.7 Å². The number of rotatable bonds is 5. The SMILES string of the molecule is CSC1CCC(NS(=O)(=O)c2ccc(CN)cc2F)C1. The molecule has 1 aromatic rings. The normalized spacial score (nSPS) is 23.1. The first-order valence-corrected chi connectivity index (χ1v) is 9.27. The first-order valence-electron chi connectivity index (χ1n) is 6.50. The standard InChI is InChI=1S/C13H19FN2O2S2/c1-19-11-4-3-10(7-11)16-20(17,18)13-5-2-9(8-15)6-12(13)14/h2,5-6,10-11,16H,3-4,7-8,15H2,1H3. The van der Waals surface area contributed by atoms with Crippen LogP contribution in [0.5, 0.6) is 0 Å². The zero-order valence-corrected chi connectivity index (χ0v) is 12.9. The third kappa shape index (κ3) is 3.52. The lowest BCUT2D eigenvalue weighted by Crippen LogP contribution is -2.33. The zero-order valence-electron chi connectivity index (χ0n) is 11.3. The van der Waals surface area contributed by atoms with Crippen molar-refractivity contribution in [3.05, 3.63) is 29.6 Å². The molecule has 2 unspecified atom stereocenters. The van der Waals surface area contributed by atoms with Gasteiger partial charge in [-0.2, -0.15) is 11.8 Å².